The van der Waals surface area contributed by atoms with E-state index in [-0.39, 0.29) is 11.6 Å². The van der Waals surface area contributed by atoms with Crippen LogP contribution in [0.2, 0.25) is 18.1 Å². The van der Waals surface area contributed by atoms with E-state index in [0.717, 1.165) is 16.7 Å². The Bertz CT molecular complexity index is 812. The van der Waals surface area contributed by atoms with Crippen molar-refractivity contribution in [3.05, 3.63) is 45.6 Å². The quantitative estimate of drug-likeness (QED) is 0.429. The molecule has 7 heteroatoms. The lowest BCUT2D eigenvalue weighted by Gasteiger charge is -2.37. The molecule has 1 N–H and O–H groups in total. The average Bonchev–Trinajstić information content (AvgIpc) is 2.47. The third-order valence-electron chi connectivity index (χ3n) is 4.97. The van der Waals surface area contributed by atoms with E-state index in [9.17, 15) is 8.42 Å². The topological polar surface area (TPSA) is 55.4 Å². The summed E-state index contributed by atoms with van der Waals surface area (Å²) in [7, 11) is -5.68. The first-order chi connectivity index (χ1) is 12.2. The van der Waals surface area contributed by atoms with Gasteiger partial charge >= 0.3 is 0 Å². The Kier molecular flexibility index (Phi) is 8.30. The largest absolute Gasteiger partial charge is 0.415 e. The molecule has 27 heavy (non-hydrogen) atoms. The molecule has 0 fully saturated rings. The Morgan fingerprint density at radius 3 is 2.19 bits per heavy atom. The van der Waals surface area contributed by atoms with Crippen LogP contribution < -0.4 is 4.72 Å². The highest BCUT2D eigenvalue weighted by Crippen LogP contribution is 2.36. The number of benzene rings is 1. The fourth-order valence-corrected chi connectivity index (χ4v) is 5.43. The van der Waals surface area contributed by atoms with Gasteiger partial charge in [-0.1, -0.05) is 54.4 Å². The summed E-state index contributed by atoms with van der Waals surface area (Å²) in [6.45, 7) is 16.7. The predicted molar refractivity (Wildman–Crippen MR) is 119 cm³/mol. The Labute approximate surface area is 174 Å². The summed E-state index contributed by atoms with van der Waals surface area (Å²) < 4.78 is 35.1. The zero-order valence-electron chi connectivity index (χ0n) is 17.6. The molecular formula is C20H32BrNO3SSi. The minimum atomic E-state index is -3.69. The highest BCUT2D eigenvalue weighted by atomic mass is 79.9. The van der Waals surface area contributed by atoms with Crippen molar-refractivity contribution in [1.82, 2.24) is 4.72 Å². The number of rotatable bonds is 7. The Balaban J connectivity index is 3.15. The fourth-order valence-electron chi connectivity index (χ4n) is 2.63. The molecule has 1 atom stereocenters. The minimum Gasteiger partial charge on any atom is -0.415 e. The maximum atomic E-state index is 13.1. The van der Waals surface area contributed by atoms with Gasteiger partial charge in [0.1, 0.15) is 0 Å². The summed E-state index contributed by atoms with van der Waals surface area (Å²) in [6, 6.07) is 3.27. The first kappa shape index (κ1) is 24.3. The molecule has 0 saturated carbocycles. The number of hydrogen-bond acceptors (Lipinski definition) is 3. The highest BCUT2D eigenvalue weighted by Gasteiger charge is 2.37. The minimum absolute atomic E-state index is 0.0511. The monoisotopic (exact) mass is 473 g/mol. The number of hydrogen-bond donors (Lipinski definition) is 1. The normalized spacial score (nSPS) is 13.8. The maximum Gasteiger partial charge on any atom is 0.241 e. The van der Waals surface area contributed by atoms with Crippen molar-refractivity contribution >= 4 is 34.3 Å². The molecule has 0 unspecified atom stereocenters. The van der Waals surface area contributed by atoms with Gasteiger partial charge < -0.3 is 4.43 Å². The van der Waals surface area contributed by atoms with E-state index in [1.54, 1.807) is 11.1 Å². The van der Waals surface area contributed by atoms with Crippen LogP contribution in [0, 0.1) is 20.8 Å². The molecule has 0 aliphatic rings. The molecule has 0 bridgehead atoms. The van der Waals surface area contributed by atoms with Gasteiger partial charge in [0.05, 0.1) is 17.5 Å². The molecule has 0 aliphatic heterocycles. The summed E-state index contributed by atoms with van der Waals surface area (Å²) in [5.41, 5.74) is 5.44. The second-order valence-electron chi connectivity index (χ2n) is 8.47. The van der Waals surface area contributed by atoms with Gasteiger partial charge in [0, 0.05) is 4.99 Å². The van der Waals surface area contributed by atoms with Crippen molar-refractivity contribution in [1.29, 1.82) is 0 Å². The highest BCUT2D eigenvalue weighted by molar-refractivity contribution is 9.11. The van der Waals surface area contributed by atoms with Crippen molar-refractivity contribution in [3.63, 3.8) is 0 Å². The Hall–Kier alpha value is -0.693. The fraction of sp³-hybridized carbons (Fsp3) is 0.550. The second kappa shape index (κ2) is 9.20. The van der Waals surface area contributed by atoms with E-state index in [4.69, 9.17) is 4.43 Å². The van der Waals surface area contributed by atoms with Gasteiger partial charge in [-0.2, -0.15) is 0 Å². The lowest BCUT2D eigenvalue weighted by molar-refractivity contribution is 0.272. The van der Waals surface area contributed by atoms with Crippen LogP contribution in [0.25, 0.3) is 0 Å². The SMILES string of the molecule is Cc1cc(C)c(S(=O)(=O)N[C@@H](C=C=CBr)CO[Si](C)(C)C(C)(C)C)c(C)c1. The third kappa shape index (κ3) is 6.70. The molecule has 0 amide bonds. The summed E-state index contributed by atoms with van der Waals surface area (Å²) >= 11 is 3.18. The molecule has 0 spiro atoms. The standard InChI is InChI=1S/C20H32BrNO3SSi/c1-15-12-16(2)19(17(3)13-15)26(23,24)22-18(10-9-11-21)14-25-27(7,8)20(4,5)6/h10-13,18,22H,14H2,1-8H3/t9?,18-/m0/s1. The van der Waals surface area contributed by atoms with Gasteiger partial charge in [-0.3, -0.25) is 0 Å². The second-order valence-corrected chi connectivity index (χ2v) is 15.4. The van der Waals surface area contributed by atoms with Crippen LogP contribution >= 0.6 is 15.9 Å². The average molecular weight is 475 g/mol. The van der Waals surface area contributed by atoms with Crippen LogP contribution in [0.15, 0.2) is 33.8 Å². The van der Waals surface area contributed by atoms with Crippen molar-refractivity contribution in [3.8, 4) is 0 Å². The first-order valence-electron chi connectivity index (χ1n) is 8.96. The summed E-state index contributed by atoms with van der Waals surface area (Å²) in [6.07, 6.45) is 1.68. The molecule has 1 rings (SSSR count). The first-order valence-corrected chi connectivity index (χ1v) is 14.3. The number of aryl methyl sites for hydroxylation is 3. The van der Waals surface area contributed by atoms with Crippen LogP contribution in [0.1, 0.15) is 37.5 Å². The van der Waals surface area contributed by atoms with Crippen molar-refractivity contribution in [2.24, 2.45) is 0 Å². The van der Waals surface area contributed by atoms with Crippen LogP contribution in [0.5, 0.6) is 0 Å². The third-order valence-corrected chi connectivity index (χ3v) is 11.5. The molecular weight excluding hydrogens is 442 g/mol. The van der Waals surface area contributed by atoms with E-state index in [1.807, 2.05) is 32.9 Å². The van der Waals surface area contributed by atoms with Gasteiger partial charge in [-0.05, 0) is 56.1 Å². The maximum absolute atomic E-state index is 13.1. The van der Waals surface area contributed by atoms with Gasteiger partial charge in [0.25, 0.3) is 0 Å². The zero-order valence-corrected chi connectivity index (χ0v) is 21.0. The molecule has 0 radical (unpaired) electrons. The van der Waals surface area contributed by atoms with Crippen molar-refractivity contribution < 1.29 is 12.8 Å². The summed E-state index contributed by atoms with van der Waals surface area (Å²) in [4.78, 5) is 1.91. The number of sulfonamides is 1. The van der Waals surface area contributed by atoms with E-state index in [0.29, 0.717) is 4.90 Å². The molecule has 4 nitrogen and oxygen atoms in total. The van der Waals surface area contributed by atoms with Crippen molar-refractivity contribution in [2.75, 3.05) is 6.61 Å². The van der Waals surface area contributed by atoms with Gasteiger partial charge in [-0.15, -0.1) is 5.73 Å². The molecule has 0 saturated heterocycles. The molecule has 0 aliphatic carbocycles. The smallest absolute Gasteiger partial charge is 0.241 e. The van der Waals surface area contributed by atoms with E-state index in [1.165, 1.54) is 0 Å². The van der Waals surface area contributed by atoms with Gasteiger partial charge in [0.15, 0.2) is 8.32 Å². The molecule has 1 aromatic carbocycles. The van der Waals surface area contributed by atoms with Crippen LogP contribution in [0.3, 0.4) is 0 Å². The van der Waals surface area contributed by atoms with Crippen LogP contribution in [-0.2, 0) is 14.4 Å². The number of halogens is 1. The van der Waals surface area contributed by atoms with E-state index >= 15 is 0 Å². The number of nitrogens with one attached hydrogen (secondary N) is 1. The van der Waals surface area contributed by atoms with Crippen molar-refractivity contribution in [2.45, 2.75) is 70.6 Å². The summed E-state index contributed by atoms with van der Waals surface area (Å²) in [5.74, 6) is 0. The molecule has 1 aromatic rings. The van der Waals surface area contributed by atoms with Gasteiger partial charge in [-0.25, -0.2) is 13.1 Å². The predicted octanol–water partition coefficient (Wildman–Crippen LogP) is 5.34. The molecule has 152 valence electrons. The van der Waals surface area contributed by atoms with E-state index < -0.39 is 24.4 Å². The Morgan fingerprint density at radius 1 is 1.22 bits per heavy atom. The van der Waals surface area contributed by atoms with Gasteiger partial charge in [0.2, 0.25) is 10.0 Å². The molecule has 0 aromatic heterocycles. The molecule has 0 heterocycles. The van der Waals surface area contributed by atoms with Crippen LogP contribution in [0.4, 0.5) is 0 Å². The zero-order chi connectivity index (χ0) is 21.0. The summed E-state index contributed by atoms with van der Waals surface area (Å²) in [5, 5.41) is 0.0511. The lowest BCUT2D eigenvalue weighted by atomic mass is 10.1. The Morgan fingerprint density at radius 2 is 1.74 bits per heavy atom. The van der Waals surface area contributed by atoms with Crippen LogP contribution in [-0.4, -0.2) is 29.4 Å². The van der Waals surface area contributed by atoms with E-state index in [2.05, 4.69) is 60.2 Å². The lowest BCUT2D eigenvalue weighted by Crippen LogP contribution is -2.45.